The fourth-order valence-electron chi connectivity index (χ4n) is 1.41. The Morgan fingerprint density at radius 1 is 1.12 bits per heavy atom. The fourth-order valence-corrected chi connectivity index (χ4v) is 1.41. The molecule has 0 fully saturated rings. The van der Waals surface area contributed by atoms with Gasteiger partial charge < -0.3 is 14.8 Å². The van der Waals surface area contributed by atoms with Gasteiger partial charge in [0.2, 0.25) is 0 Å². The van der Waals surface area contributed by atoms with E-state index in [0.29, 0.717) is 5.69 Å². The molecule has 0 spiro atoms. The zero-order valence-electron chi connectivity index (χ0n) is 10.3. The summed E-state index contributed by atoms with van der Waals surface area (Å²) in [6, 6.07) is 3.54. The number of hydrogen-bond donors (Lipinski definition) is 1. The maximum atomic E-state index is 11.3. The van der Waals surface area contributed by atoms with Gasteiger partial charge in [0.05, 0.1) is 14.2 Å². The van der Waals surface area contributed by atoms with Crippen molar-refractivity contribution >= 4 is 17.6 Å². The predicted molar refractivity (Wildman–Crippen MR) is 63.1 cm³/mol. The van der Waals surface area contributed by atoms with Gasteiger partial charge in [-0.1, -0.05) is 0 Å². The highest BCUT2D eigenvalue weighted by Gasteiger charge is 2.15. The standard InChI is InChI=1S/C12H15NO4/c1-7-6-10(16-3)8(2)5-9(7)13-11(14)12(15)17-4/h5-6H,1-4H3,(H,13,14). The number of benzene rings is 1. The van der Waals surface area contributed by atoms with Crippen LogP contribution in [0.15, 0.2) is 12.1 Å². The summed E-state index contributed by atoms with van der Waals surface area (Å²) in [5, 5.41) is 2.48. The second-order valence-electron chi connectivity index (χ2n) is 3.58. The normalized spacial score (nSPS) is 9.65. The van der Waals surface area contributed by atoms with E-state index in [1.807, 2.05) is 13.8 Å². The van der Waals surface area contributed by atoms with E-state index in [2.05, 4.69) is 10.1 Å². The van der Waals surface area contributed by atoms with Crippen LogP contribution in [0.2, 0.25) is 0 Å². The molecular weight excluding hydrogens is 222 g/mol. The predicted octanol–water partition coefficient (Wildman–Crippen LogP) is 1.42. The topological polar surface area (TPSA) is 64.6 Å². The van der Waals surface area contributed by atoms with Crippen LogP contribution in [0.3, 0.4) is 0 Å². The number of carbonyl (C=O) groups excluding carboxylic acids is 2. The lowest BCUT2D eigenvalue weighted by molar-refractivity contribution is -0.150. The molecule has 0 radical (unpaired) electrons. The van der Waals surface area contributed by atoms with Crippen LogP contribution in [0.5, 0.6) is 5.75 Å². The van der Waals surface area contributed by atoms with Crippen molar-refractivity contribution in [3.8, 4) is 5.75 Å². The van der Waals surface area contributed by atoms with Crippen LogP contribution < -0.4 is 10.1 Å². The number of rotatable bonds is 2. The van der Waals surface area contributed by atoms with Gasteiger partial charge in [0.1, 0.15) is 5.75 Å². The number of amides is 1. The molecule has 1 N–H and O–H groups in total. The molecule has 1 amide bonds. The first-order valence-electron chi connectivity index (χ1n) is 5.04. The maximum Gasteiger partial charge on any atom is 0.396 e. The zero-order chi connectivity index (χ0) is 13.0. The molecule has 17 heavy (non-hydrogen) atoms. The van der Waals surface area contributed by atoms with E-state index in [0.717, 1.165) is 24.0 Å². The summed E-state index contributed by atoms with van der Waals surface area (Å²) in [6.45, 7) is 3.67. The Kier molecular flexibility index (Phi) is 4.09. The largest absolute Gasteiger partial charge is 0.496 e. The summed E-state index contributed by atoms with van der Waals surface area (Å²) in [5.41, 5.74) is 2.25. The Bertz CT molecular complexity index is 454. The first-order valence-corrected chi connectivity index (χ1v) is 5.04. The van der Waals surface area contributed by atoms with Crippen molar-refractivity contribution in [1.82, 2.24) is 0 Å². The van der Waals surface area contributed by atoms with E-state index in [1.165, 1.54) is 0 Å². The molecule has 0 aromatic heterocycles. The zero-order valence-corrected chi connectivity index (χ0v) is 10.3. The molecule has 5 nitrogen and oxygen atoms in total. The number of nitrogens with one attached hydrogen (secondary N) is 1. The third-order valence-corrected chi connectivity index (χ3v) is 2.36. The third kappa shape index (κ3) is 2.96. The fraction of sp³-hybridized carbons (Fsp3) is 0.333. The third-order valence-electron chi connectivity index (χ3n) is 2.36. The SMILES string of the molecule is COC(=O)C(=O)Nc1cc(C)c(OC)cc1C. The highest BCUT2D eigenvalue weighted by Crippen LogP contribution is 2.25. The number of hydrogen-bond acceptors (Lipinski definition) is 4. The Balaban J connectivity index is 2.96. The van der Waals surface area contributed by atoms with E-state index in [4.69, 9.17) is 4.74 Å². The molecule has 0 aliphatic carbocycles. The van der Waals surface area contributed by atoms with Crippen LogP contribution in [0, 0.1) is 13.8 Å². The van der Waals surface area contributed by atoms with Gasteiger partial charge in [0.15, 0.2) is 0 Å². The Hall–Kier alpha value is -2.04. The van der Waals surface area contributed by atoms with Gasteiger partial charge in [-0.25, -0.2) is 4.79 Å². The monoisotopic (exact) mass is 237 g/mol. The Morgan fingerprint density at radius 3 is 2.29 bits per heavy atom. The second-order valence-corrected chi connectivity index (χ2v) is 3.58. The first kappa shape index (κ1) is 13.0. The molecule has 0 atom stereocenters. The number of esters is 1. The summed E-state index contributed by atoms with van der Waals surface area (Å²) < 4.78 is 9.47. The van der Waals surface area contributed by atoms with Crippen molar-refractivity contribution in [2.75, 3.05) is 19.5 Å². The Labute approximate surface area is 99.7 Å². The molecule has 1 aromatic carbocycles. The molecule has 1 rings (SSSR count). The summed E-state index contributed by atoms with van der Waals surface area (Å²) in [6.07, 6.45) is 0. The van der Waals surface area contributed by atoms with Crippen LogP contribution in [0.1, 0.15) is 11.1 Å². The van der Waals surface area contributed by atoms with Crippen molar-refractivity contribution in [1.29, 1.82) is 0 Å². The van der Waals surface area contributed by atoms with E-state index < -0.39 is 11.9 Å². The highest BCUT2D eigenvalue weighted by molar-refractivity contribution is 6.37. The van der Waals surface area contributed by atoms with Crippen molar-refractivity contribution < 1.29 is 19.1 Å². The van der Waals surface area contributed by atoms with Crippen molar-refractivity contribution in [2.24, 2.45) is 0 Å². The van der Waals surface area contributed by atoms with Crippen LogP contribution in [0.4, 0.5) is 5.69 Å². The van der Waals surface area contributed by atoms with Gasteiger partial charge in [-0.3, -0.25) is 4.79 Å². The molecule has 0 bridgehead atoms. The van der Waals surface area contributed by atoms with Gasteiger partial charge in [0, 0.05) is 5.69 Å². The molecule has 0 saturated carbocycles. The number of aryl methyl sites for hydroxylation is 2. The van der Waals surface area contributed by atoms with Crippen LogP contribution in [0.25, 0.3) is 0 Å². The number of anilines is 1. The molecule has 0 aliphatic heterocycles. The molecule has 0 unspecified atom stereocenters. The summed E-state index contributed by atoms with van der Waals surface area (Å²) >= 11 is 0. The lowest BCUT2D eigenvalue weighted by Crippen LogP contribution is -2.24. The average Bonchev–Trinajstić information content (AvgIpc) is 2.32. The van der Waals surface area contributed by atoms with E-state index in [1.54, 1.807) is 19.2 Å². The molecule has 0 aliphatic rings. The number of methoxy groups -OCH3 is 2. The van der Waals surface area contributed by atoms with Crippen molar-refractivity contribution in [3.05, 3.63) is 23.3 Å². The number of carbonyl (C=O) groups is 2. The second kappa shape index (κ2) is 5.34. The minimum absolute atomic E-state index is 0.568. The number of ether oxygens (including phenoxy) is 2. The van der Waals surface area contributed by atoms with Crippen molar-refractivity contribution in [2.45, 2.75) is 13.8 Å². The van der Waals surface area contributed by atoms with Crippen LogP contribution in [-0.4, -0.2) is 26.1 Å². The Morgan fingerprint density at radius 2 is 1.76 bits per heavy atom. The first-order chi connectivity index (χ1) is 7.99. The molecule has 0 saturated heterocycles. The molecule has 1 aromatic rings. The highest BCUT2D eigenvalue weighted by atomic mass is 16.5. The maximum absolute atomic E-state index is 11.3. The summed E-state index contributed by atoms with van der Waals surface area (Å²) in [7, 11) is 2.74. The van der Waals surface area contributed by atoms with Crippen molar-refractivity contribution in [3.63, 3.8) is 0 Å². The quantitative estimate of drug-likeness (QED) is 0.624. The molecule has 92 valence electrons. The van der Waals surface area contributed by atoms with Crippen LogP contribution in [-0.2, 0) is 14.3 Å². The van der Waals surface area contributed by atoms with Gasteiger partial charge in [-0.05, 0) is 37.1 Å². The van der Waals surface area contributed by atoms with E-state index in [-0.39, 0.29) is 0 Å². The van der Waals surface area contributed by atoms with E-state index in [9.17, 15) is 9.59 Å². The van der Waals surface area contributed by atoms with Gasteiger partial charge in [-0.15, -0.1) is 0 Å². The van der Waals surface area contributed by atoms with E-state index >= 15 is 0 Å². The van der Waals surface area contributed by atoms with Gasteiger partial charge in [0.25, 0.3) is 0 Å². The minimum atomic E-state index is -0.919. The minimum Gasteiger partial charge on any atom is -0.496 e. The molecular formula is C12H15NO4. The summed E-state index contributed by atoms with van der Waals surface area (Å²) in [5.74, 6) is -0.975. The summed E-state index contributed by atoms with van der Waals surface area (Å²) in [4.78, 5) is 22.3. The van der Waals surface area contributed by atoms with Gasteiger partial charge in [-0.2, -0.15) is 0 Å². The molecule has 5 heteroatoms. The molecule has 0 heterocycles. The lowest BCUT2D eigenvalue weighted by atomic mass is 10.1. The average molecular weight is 237 g/mol. The lowest BCUT2D eigenvalue weighted by Gasteiger charge is -2.11. The van der Waals surface area contributed by atoms with Crippen LogP contribution >= 0.6 is 0 Å². The smallest absolute Gasteiger partial charge is 0.396 e. The van der Waals surface area contributed by atoms with Gasteiger partial charge >= 0.3 is 11.9 Å².